The third-order valence-electron chi connectivity index (χ3n) is 4.23. The van der Waals surface area contributed by atoms with Crippen molar-refractivity contribution in [3.8, 4) is 5.69 Å². The van der Waals surface area contributed by atoms with Crippen molar-refractivity contribution < 1.29 is 19.1 Å². The quantitative estimate of drug-likeness (QED) is 0.764. The summed E-state index contributed by atoms with van der Waals surface area (Å²) in [5.74, 6) is -0.888. The van der Waals surface area contributed by atoms with Crippen molar-refractivity contribution in [1.82, 2.24) is 19.9 Å². The van der Waals surface area contributed by atoms with Crippen molar-refractivity contribution >= 4 is 11.9 Å². The summed E-state index contributed by atoms with van der Waals surface area (Å²) in [7, 11) is 0. The zero-order chi connectivity index (χ0) is 18.7. The Kier molecular flexibility index (Phi) is 5.32. The van der Waals surface area contributed by atoms with Crippen LogP contribution in [0.2, 0.25) is 0 Å². The molecule has 1 aromatic heterocycles. The van der Waals surface area contributed by atoms with Crippen molar-refractivity contribution in [3.05, 3.63) is 40.7 Å². The van der Waals surface area contributed by atoms with E-state index in [1.807, 2.05) is 32.0 Å². The number of ether oxygens (including phenoxy) is 2. The molecule has 0 aliphatic carbocycles. The molecule has 0 bridgehead atoms. The molecular formula is C18H22N4O4. The minimum Gasteiger partial charge on any atom is -0.451 e. The Balaban J connectivity index is 1.68. The number of hydrogen-bond acceptors (Lipinski definition) is 6. The molecule has 1 aromatic carbocycles. The fraction of sp³-hybridized carbons (Fsp3) is 0.444. The Labute approximate surface area is 151 Å². The largest absolute Gasteiger partial charge is 0.451 e. The van der Waals surface area contributed by atoms with Gasteiger partial charge in [-0.3, -0.25) is 4.79 Å². The number of esters is 1. The van der Waals surface area contributed by atoms with Crippen LogP contribution in [0.1, 0.15) is 27.3 Å². The maximum absolute atomic E-state index is 12.3. The molecular weight excluding hydrogens is 336 g/mol. The zero-order valence-electron chi connectivity index (χ0n) is 15.2. The number of rotatable bonds is 4. The SMILES string of the molecule is Cc1ccc(-n2nc(C)c(C(=O)OCC(=O)N3CCOCC3)n2)c(C)c1. The fourth-order valence-corrected chi connectivity index (χ4v) is 2.80. The van der Waals surface area contributed by atoms with E-state index < -0.39 is 5.97 Å². The molecule has 138 valence electrons. The highest BCUT2D eigenvalue weighted by molar-refractivity contribution is 5.90. The van der Waals surface area contributed by atoms with Crippen LogP contribution in [0, 0.1) is 20.8 Å². The number of nitrogens with zero attached hydrogens (tertiary/aromatic N) is 4. The third-order valence-corrected chi connectivity index (χ3v) is 4.23. The highest BCUT2D eigenvalue weighted by Crippen LogP contribution is 2.15. The maximum atomic E-state index is 12.3. The Morgan fingerprint density at radius 1 is 1.15 bits per heavy atom. The minimum absolute atomic E-state index is 0.111. The normalized spacial score (nSPS) is 14.3. The molecule has 0 unspecified atom stereocenters. The van der Waals surface area contributed by atoms with Gasteiger partial charge in [0.05, 0.1) is 24.6 Å². The third kappa shape index (κ3) is 3.91. The molecule has 2 heterocycles. The lowest BCUT2D eigenvalue weighted by molar-refractivity contribution is -0.138. The van der Waals surface area contributed by atoms with Crippen LogP contribution in [-0.4, -0.2) is 64.7 Å². The number of hydrogen-bond donors (Lipinski definition) is 0. The molecule has 1 saturated heterocycles. The van der Waals surface area contributed by atoms with Crippen LogP contribution in [0.5, 0.6) is 0 Å². The van der Waals surface area contributed by atoms with Crippen LogP contribution in [0.3, 0.4) is 0 Å². The minimum atomic E-state index is -0.653. The number of aryl methyl sites for hydroxylation is 3. The number of amides is 1. The van der Waals surface area contributed by atoms with E-state index in [9.17, 15) is 9.59 Å². The van der Waals surface area contributed by atoms with Crippen LogP contribution in [0.4, 0.5) is 0 Å². The molecule has 3 rings (SSSR count). The Morgan fingerprint density at radius 3 is 2.58 bits per heavy atom. The highest BCUT2D eigenvalue weighted by Gasteiger charge is 2.22. The highest BCUT2D eigenvalue weighted by atomic mass is 16.5. The lowest BCUT2D eigenvalue weighted by Crippen LogP contribution is -2.42. The summed E-state index contributed by atoms with van der Waals surface area (Å²) in [5, 5.41) is 8.55. The van der Waals surface area contributed by atoms with E-state index in [-0.39, 0.29) is 18.2 Å². The summed E-state index contributed by atoms with van der Waals surface area (Å²) in [4.78, 5) is 27.4. The van der Waals surface area contributed by atoms with E-state index in [0.717, 1.165) is 16.8 Å². The first-order chi connectivity index (χ1) is 12.5. The van der Waals surface area contributed by atoms with Gasteiger partial charge in [-0.1, -0.05) is 17.7 Å². The van der Waals surface area contributed by atoms with Gasteiger partial charge in [0.15, 0.2) is 12.3 Å². The predicted octanol–water partition coefficient (Wildman–Crippen LogP) is 1.21. The van der Waals surface area contributed by atoms with Gasteiger partial charge in [0.25, 0.3) is 5.91 Å². The average molecular weight is 358 g/mol. The van der Waals surface area contributed by atoms with Gasteiger partial charge >= 0.3 is 5.97 Å². The molecule has 0 saturated carbocycles. The Hall–Kier alpha value is -2.74. The first-order valence-corrected chi connectivity index (χ1v) is 8.50. The number of carbonyl (C=O) groups excluding carboxylic acids is 2. The molecule has 0 N–H and O–H groups in total. The number of morpholine rings is 1. The fourth-order valence-electron chi connectivity index (χ4n) is 2.80. The zero-order valence-corrected chi connectivity index (χ0v) is 15.2. The van der Waals surface area contributed by atoms with E-state index in [4.69, 9.17) is 9.47 Å². The molecule has 1 aliphatic rings. The van der Waals surface area contributed by atoms with Crippen molar-refractivity contribution in [2.45, 2.75) is 20.8 Å². The molecule has 0 spiro atoms. The van der Waals surface area contributed by atoms with Crippen LogP contribution < -0.4 is 0 Å². The summed E-state index contributed by atoms with van der Waals surface area (Å²) >= 11 is 0. The summed E-state index contributed by atoms with van der Waals surface area (Å²) in [6, 6.07) is 5.88. The maximum Gasteiger partial charge on any atom is 0.361 e. The first kappa shape index (κ1) is 18.1. The van der Waals surface area contributed by atoms with Gasteiger partial charge in [0.1, 0.15) is 0 Å². The molecule has 1 aliphatic heterocycles. The average Bonchev–Trinajstić information content (AvgIpc) is 3.01. The van der Waals surface area contributed by atoms with E-state index in [1.54, 1.807) is 11.8 Å². The molecule has 26 heavy (non-hydrogen) atoms. The number of aromatic nitrogens is 3. The van der Waals surface area contributed by atoms with Crippen LogP contribution >= 0.6 is 0 Å². The van der Waals surface area contributed by atoms with Gasteiger partial charge in [-0.25, -0.2) is 4.79 Å². The van der Waals surface area contributed by atoms with Crippen LogP contribution in [-0.2, 0) is 14.3 Å². The smallest absolute Gasteiger partial charge is 0.361 e. The second-order valence-electron chi connectivity index (χ2n) is 6.28. The molecule has 0 atom stereocenters. The lowest BCUT2D eigenvalue weighted by Gasteiger charge is -2.26. The summed E-state index contributed by atoms with van der Waals surface area (Å²) in [6.45, 7) is 7.37. The van der Waals surface area contributed by atoms with Crippen molar-refractivity contribution in [1.29, 1.82) is 0 Å². The molecule has 1 amide bonds. The van der Waals surface area contributed by atoms with Crippen LogP contribution in [0.25, 0.3) is 5.69 Å². The van der Waals surface area contributed by atoms with Crippen LogP contribution in [0.15, 0.2) is 18.2 Å². The van der Waals surface area contributed by atoms with Gasteiger partial charge in [0, 0.05) is 13.1 Å². The molecule has 0 radical (unpaired) electrons. The van der Waals surface area contributed by atoms with Gasteiger partial charge < -0.3 is 14.4 Å². The topological polar surface area (TPSA) is 86.6 Å². The summed E-state index contributed by atoms with van der Waals surface area (Å²) in [5.41, 5.74) is 3.49. The van der Waals surface area contributed by atoms with Crippen molar-refractivity contribution in [3.63, 3.8) is 0 Å². The summed E-state index contributed by atoms with van der Waals surface area (Å²) < 4.78 is 10.3. The monoisotopic (exact) mass is 358 g/mol. The molecule has 8 heteroatoms. The van der Waals surface area contributed by atoms with Crippen molar-refractivity contribution in [2.24, 2.45) is 0 Å². The summed E-state index contributed by atoms with van der Waals surface area (Å²) in [6.07, 6.45) is 0. The predicted molar refractivity (Wildman–Crippen MR) is 93.3 cm³/mol. The molecule has 1 fully saturated rings. The van der Waals surface area contributed by atoms with E-state index >= 15 is 0 Å². The second kappa shape index (κ2) is 7.65. The Morgan fingerprint density at radius 2 is 1.88 bits per heavy atom. The van der Waals surface area contributed by atoms with Crippen molar-refractivity contribution in [2.75, 3.05) is 32.9 Å². The Bertz CT molecular complexity index is 825. The van der Waals surface area contributed by atoms with Gasteiger partial charge in [-0.15, -0.1) is 5.10 Å². The first-order valence-electron chi connectivity index (χ1n) is 8.50. The molecule has 8 nitrogen and oxygen atoms in total. The lowest BCUT2D eigenvalue weighted by atomic mass is 10.1. The van der Waals surface area contributed by atoms with Gasteiger partial charge in [-0.05, 0) is 32.4 Å². The van der Waals surface area contributed by atoms with E-state index in [2.05, 4.69) is 10.2 Å². The second-order valence-corrected chi connectivity index (χ2v) is 6.28. The van der Waals surface area contributed by atoms with E-state index in [0.29, 0.717) is 32.0 Å². The molecule has 2 aromatic rings. The van der Waals surface area contributed by atoms with Gasteiger partial charge in [0.2, 0.25) is 0 Å². The standard InChI is InChI=1S/C18H22N4O4/c1-12-4-5-15(13(2)10-12)22-19-14(3)17(20-22)18(24)26-11-16(23)21-6-8-25-9-7-21/h4-5,10H,6-9,11H2,1-3H3. The number of benzene rings is 1. The number of carbonyl (C=O) groups is 2. The van der Waals surface area contributed by atoms with Gasteiger partial charge in [-0.2, -0.15) is 9.90 Å². The van der Waals surface area contributed by atoms with E-state index in [1.165, 1.54) is 4.80 Å².